The molecule has 0 aromatic heterocycles. The van der Waals surface area contributed by atoms with Gasteiger partial charge in [-0.1, -0.05) is 29.3 Å². The topological polar surface area (TPSA) is 103 Å². The number of ether oxygens (including phenoxy) is 2. The molecule has 0 spiro atoms. The molecule has 0 aliphatic heterocycles. The Bertz CT molecular complexity index is 1130. The number of amides is 2. The van der Waals surface area contributed by atoms with Crippen molar-refractivity contribution >= 4 is 46.5 Å². The van der Waals surface area contributed by atoms with E-state index in [-0.39, 0.29) is 18.2 Å². The molecule has 0 radical (unpaired) electrons. The minimum atomic E-state index is -0.673. The van der Waals surface area contributed by atoms with Crippen LogP contribution in [0, 0.1) is 10.1 Å². The molecule has 164 valence electrons. The van der Waals surface area contributed by atoms with Gasteiger partial charge >= 0.3 is 6.03 Å². The Labute approximate surface area is 193 Å². The number of nitrogens with one attached hydrogen (secondary N) is 1. The van der Waals surface area contributed by atoms with E-state index in [1.165, 1.54) is 24.3 Å². The Morgan fingerprint density at radius 2 is 1.56 bits per heavy atom. The molecule has 0 saturated heterocycles. The van der Waals surface area contributed by atoms with Crippen molar-refractivity contribution < 1.29 is 19.2 Å². The van der Waals surface area contributed by atoms with E-state index in [0.717, 1.165) is 0 Å². The fourth-order valence-corrected chi connectivity index (χ4v) is 3.18. The number of nitro groups is 1. The zero-order chi connectivity index (χ0) is 23.1. The van der Waals surface area contributed by atoms with Crippen molar-refractivity contribution in [2.75, 3.05) is 11.9 Å². The summed E-state index contributed by atoms with van der Waals surface area (Å²) in [5.74, 6) is 0.937. The van der Waals surface area contributed by atoms with Crippen molar-refractivity contribution in [1.29, 1.82) is 0 Å². The number of hydrogen-bond donors (Lipinski definition) is 1. The molecule has 0 unspecified atom stereocenters. The number of rotatable bonds is 6. The number of carbonyl (C=O) groups is 1. The molecule has 0 bridgehead atoms. The molecule has 10 heteroatoms. The number of halogens is 2. The van der Waals surface area contributed by atoms with Crippen LogP contribution in [0.5, 0.6) is 11.5 Å². The van der Waals surface area contributed by atoms with Crippen LogP contribution in [-0.2, 0) is 4.74 Å². The Morgan fingerprint density at radius 3 is 2.09 bits per heavy atom. The monoisotopic (exact) mass is 473 g/mol. The van der Waals surface area contributed by atoms with Gasteiger partial charge in [-0.3, -0.25) is 10.1 Å². The van der Waals surface area contributed by atoms with Crippen LogP contribution in [0.1, 0.15) is 12.5 Å². The van der Waals surface area contributed by atoms with Crippen molar-refractivity contribution in [3.05, 3.63) is 92.5 Å². The van der Waals surface area contributed by atoms with E-state index < -0.39 is 11.0 Å². The first-order valence-electron chi connectivity index (χ1n) is 9.36. The lowest BCUT2D eigenvalue weighted by Crippen LogP contribution is -2.15. The van der Waals surface area contributed by atoms with Gasteiger partial charge in [0.05, 0.1) is 27.1 Å². The lowest BCUT2D eigenvalue weighted by Gasteiger charge is -2.11. The minimum Gasteiger partial charge on any atom is -0.477 e. The van der Waals surface area contributed by atoms with E-state index in [1.54, 1.807) is 49.4 Å². The van der Waals surface area contributed by atoms with Crippen LogP contribution in [0.25, 0.3) is 0 Å². The Kier molecular flexibility index (Phi) is 7.64. The third-order valence-corrected chi connectivity index (χ3v) is 4.68. The molecule has 0 aliphatic rings. The number of nitrogens with zero attached hydrogens (tertiary/aromatic N) is 2. The minimum absolute atomic E-state index is 0.0127. The molecule has 0 heterocycles. The molecule has 8 nitrogen and oxygen atoms in total. The highest BCUT2D eigenvalue weighted by Gasteiger charge is 2.16. The summed E-state index contributed by atoms with van der Waals surface area (Å²) in [7, 11) is 0. The molecule has 0 atom stereocenters. The van der Waals surface area contributed by atoms with Crippen LogP contribution < -0.4 is 10.1 Å². The summed E-state index contributed by atoms with van der Waals surface area (Å²) in [6.45, 7) is 2.02. The summed E-state index contributed by atoms with van der Waals surface area (Å²) in [5, 5.41) is 14.0. The SMILES string of the molecule is CCOC(=NC(=O)Nc1ccc(Oc2ccc([N+](=O)[O-])cc2)cc1)c1c(Cl)cccc1Cl. The zero-order valence-electron chi connectivity index (χ0n) is 16.7. The number of non-ortho nitro benzene ring substituents is 1. The Morgan fingerprint density at radius 1 is 1.00 bits per heavy atom. The predicted molar refractivity (Wildman–Crippen MR) is 123 cm³/mol. The first-order valence-corrected chi connectivity index (χ1v) is 10.1. The van der Waals surface area contributed by atoms with Crippen molar-refractivity contribution in [3.8, 4) is 11.5 Å². The van der Waals surface area contributed by atoms with E-state index in [9.17, 15) is 14.9 Å². The zero-order valence-corrected chi connectivity index (χ0v) is 18.3. The normalized spacial score (nSPS) is 11.0. The smallest absolute Gasteiger partial charge is 0.348 e. The second-order valence-electron chi connectivity index (χ2n) is 6.25. The lowest BCUT2D eigenvalue weighted by molar-refractivity contribution is -0.384. The fraction of sp³-hybridized carbons (Fsp3) is 0.0909. The van der Waals surface area contributed by atoms with Gasteiger partial charge in [0.25, 0.3) is 5.69 Å². The molecular formula is C22H17Cl2N3O5. The average molecular weight is 474 g/mol. The number of hydrogen-bond acceptors (Lipinski definition) is 5. The highest BCUT2D eigenvalue weighted by molar-refractivity contribution is 6.39. The van der Waals surface area contributed by atoms with Gasteiger partial charge in [0.15, 0.2) is 0 Å². The van der Waals surface area contributed by atoms with E-state index in [4.69, 9.17) is 32.7 Å². The molecule has 32 heavy (non-hydrogen) atoms. The van der Waals surface area contributed by atoms with E-state index in [2.05, 4.69) is 10.3 Å². The van der Waals surface area contributed by atoms with Gasteiger partial charge < -0.3 is 14.8 Å². The maximum Gasteiger partial charge on any atom is 0.348 e. The molecule has 0 aliphatic carbocycles. The molecular weight excluding hydrogens is 457 g/mol. The van der Waals surface area contributed by atoms with Crippen LogP contribution in [0.15, 0.2) is 71.7 Å². The van der Waals surface area contributed by atoms with E-state index in [1.807, 2.05) is 0 Å². The van der Waals surface area contributed by atoms with Gasteiger partial charge in [-0.2, -0.15) is 4.99 Å². The third kappa shape index (κ3) is 5.96. The second kappa shape index (κ2) is 10.6. The van der Waals surface area contributed by atoms with E-state index in [0.29, 0.717) is 32.8 Å². The Hall–Kier alpha value is -3.62. The molecule has 3 aromatic carbocycles. The van der Waals surface area contributed by atoms with Gasteiger partial charge in [-0.15, -0.1) is 0 Å². The van der Waals surface area contributed by atoms with Crippen molar-refractivity contribution in [3.63, 3.8) is 0 Å². The maximum absolute atomic E-state index is 12.4. The number of urea groups is 1. The molecule has 0 fully saturated rings. The van der Waals surface area contributed by atoms with Crippen LogP contribution >= 0.6 is 23.2 Å². The van der Waals surface area contributed by atoms with Gasteiger partial charge in [0.2, 0.25) is 5.90 Å². The van der Waals surface area contributed by atoms with Crippen molar-refractivity contribution in [2.24, 2.45) is 4.99 Å². The van der Waals surface area contributed by atoms with Crippen LogP contribution in [-0.4, -0.2) is 23.5 Å². The Balaban J connectivity index is 1.69. The van der Waals surface area contributed by atoms with Gasteiger partial charge in [0, 0.05) is 17.8 Å². The van der Waals surface area contributed by atoms with Gasteiger partial charge in [-0.25, -0.2) is 4.79 Å². The summed E-state index contributed by atoms with van der Waals surface area (Å²) in [5.41, 5.74) is 0.774. The summed E-state index contributed by atoms with van der Waals surface area (Å²) < 4.78 is 11.1. The lowest BCUT2D eigenvalue weighted by atomic mass is 10.2. The average Bonchev–Trinajstić information content (AvgIpc) is 2.75. The second-order valence-corrected chi connectivity index (χ2v) is 7.07. The molecule has 0 saturated carbocycles. The molecule has 2 amide bonds. The van der Waals surface area contributed by atoms with Gasteiger partial charge in [-0.05, 0) is 55.5 Å². The van der Waals surface area contributed by atoms with Gasteiger partial charge in [0.1, 0.15) is 11.5 Å². The van der Waals surface area contributed by atoms with E-state index >= 15 is 0 Å². The van der Waals surface area contributed by atoms with Crippen molar-refractivity contribution in [1.82, 2.24) is 0 Å². The van der Waals surface area contributed by atoms with Crippen molar-refractivity contribution in [2.45, 2.75) is 6.92 Å². The number of anilines is 1. The number of carbonyl (C=O) groups excluding carboxylic acids is 1. The molecule has 1 N–H and O–H groups in total. The summed E-state index contributed by atoms with van der Waals surface area (Å²) in [4.78, 5) is 26.6. The van der Waals surface area contributed by atoms with Crippen LogP contribution in [0.3, 0.4) is 0 Å². The summed E-state index contributed by atoms with van der Waals surface area (Å²) >= 11 is 12.4. The fourth-order valence-electron chi connectivity index (χ4n) is 2.62. The number of aliphatic imine (C=N–C) groups is 1. The first kappa shape index (κ1) is 23.1. The summed E-state index contributed by atoms with van der Waals surface area (Å²) in [6.07, 6.45) is 0. The largest absolute Gasteiger partial charge is 0.477 e. The number of nitro benzene ring substituents is 1. The number of benzene rings is 3. The third-order valence-electron chi connectivity index (χ3n) is 4.05. The molecule has 3 aromatic rings. The van der Waals surface area contributed by atoms with Crippen LogP contribution in [0.4, 0.5) is 16.2 Å². The van der Waals surface area contributed by atoms with Crippen LogP contribution in [0.2, 0.25) is 10.0 Å². The highest BCUT2D eigenvalue weighted by atomic mass is 35.5. The quantitative estimate of drug-likeness (QED) is 0.185. The first-order chi connectivity index (χ1) is 15.4. The summed E-state index contributed by atoms with van der Waals surface area (Å²) in [6, 6.07) is 16.5. The standard InChI is InChI=1S/C22H17Cl2N3O5/c1-2-31-21(20-18(23)4-3-5-19(20)24)26-22(28)25-14-6-10-16(11-7-14)32-17-12-8-15(9-13-17)27(29)30/h3-13H,2H2,1H3,(H,25,28). The predicted octanol–water partition coefficient (Wildman–Crippen LogP) is 6.71. The molecule has 3 rings (SSSR count). The highest BCUT2D eigenvalue weighted by Crippen LogP contribution is 2.27. The maximum atomic E-state index is 12.4.